The molecule has 0 fully saturated rings. The topological polar surface area (TPSA) is 158 Å². The Morgan fingerprint density at radius 2 is 1.67 bits per heavy atom. The summed E-state index contributed by atoms with van der Waals surface area (Å²) in [5.41, 5.74) is 10.3. The lowest BCUT2D eigenvalue weighted by atomic mass is 10.1. The van der Waals surface area contributed by atoms with E-state index in [9.17, 15) is 22.0 Å². The minimum Gasteiger partial charge on any atom is -0.379 e. The van der Waals surface area contributed by atoms with Gasteiger partial charge in [-0.1, -0.05) is 0 Å². The highest BCUT2D eigenvalue weighted by Crippen LogP contribution is 2.26. The zero-order valence-electron chi connectivity index (χ0n) is 19.9. The molecule has 36 heavy (non-hydrogen) atoms. The smallest absolute Gasteiger partial charge is 0.275 e. The number of carbonyl (C=O) groups excluding carboxylic acids is 1. The van der Waals surface area contributed by atoms with E-state index in [1.165, 1.54) is 37.3 Å². The van der Waals surface area contributed by atoms with Gasteiger partial charge in [-0.3, -0.25) is 4.79 Å². The Hall–Kier alpha value is -3.39. The SMILES string of the molecule is CCOCCOCCNS(=O)(=O)c1ccc(Nc2c(F)cc(/C=C(\C)C(=O)N=C(N)N)cc2F)cc1. The van der Waals surface area contributed by atoms with Crippen LogP contribution in [0.1, 0.15) is 19.4 Å². The van der Waals surface area contributed by atoms with E-state index in [0.717, 1.165) is 12.1 Å². The molecule has 0 aromatic heterocycles. The number of aliphatic imine (C=N–C) groups is 1. The summed E-state index contributed by atoms with van der Waals surface area (Å²) in [6.07, 6.45) is 1.24. The number of nitrogens with two attached hydrogens (primary N) is 2. The Morgan fingerprint density at radius 1 is 1.06 bits per heavy atom. The zero-order chi connectivity index (χ0) is 26.7. The van der Waals surface area contributed by atoms with Gasteiger partial charge in [0.1, 0.15) is 17.3 Å². The molecule has 1 amide bonds. The maximum Gasteiger partial charge on any atom is 0.275 e. The molecule has 0 atom stereocenters. The van der Waals surface area contributed by atoms with Crippen molar-refractivity contribution in [3.63, 3.8) is 0 Å². The van der Waals surface area contributed by atoms with Crippen LogP contribution in [0.15, 0.2) is 51.9 Å². The van der Waals surface area contributed by atoms with Crippen LogP contribution in [0, 0.1) is 11.6 Å². The van der Waals surface area contributed by atoms with Crippen molar-refractivity contribution in [1.82, 2.24) is 4.72 Å². The first-order valence-corrected chi connectivity index (χ1v) is 12.4. The maximum absolute atomic E-state index is 14.6. The van der Waals surface area contributed by atoms with Crippen molar-refractivity contribution in [3.05, 3.63) is 59.2 Å². The van der Waals surface area contributed by atoms with Crippen molar-refractivity contribution >= 4 is 39.3 Å². The van der Waals surface area contributed by atoms with Crippen molar-refractivity contribution in [2.45, 2.75) is 18.7 Å². The summed E-state index contributed by atoms with van der Waals surface area (Å²) in [4.78, 5) is 15.1. The Balaban J connectivity index is 2.04. The fourth-order valence-electron chi connectivity index (χ4n) is 2.87. The zero-order valence-corrected chi connectivity index (χ0v) is 20.7. The van der Waals surface area contributed by atoms with E-state index in [-0.39, 0.29) is 34.9 Å². The highest BCUT2D eigenvalue weighted by Gasteiger charge is 2.15. The lowest BCUT2D eigenvalue weighted by Gasteiger charge is -2.11. The average molecular weight is 526 g/mol. The highest BCUT2D eigenvalue weighted by molar-refractivity contribution is 7.89. The molecule has 196 valence electrons. The van der Waals surface area contributed by atoms with Crippen LogP contribution < -0.4 is 21.5 Å². The lowest BCUT2D eigenvalue weighted by molar-refractivity contribution is -0.114. The van der Waals surface area contributed by atoms with E-state index in [1.807, 2.05) is 6.92 Å². The number of carbonyl (C=O) groups is 1. The van der Waals surface area contributed by atoms with Gasteiger partial charge in [-0.25, -0.2) is 21.9 Å². The molecule has 0 saturated carbocycles. The molecular formula is C23H29F2N5O5S. The van der Waals surface area contributed by atoms with E-state index >= 15 is 0 Å². The molecule has 0 aliphatic carbocycles. The maximum atomic E-state index is 14.6. The third-order valence-corrected chi connectivity index (χ3v) is 6.04. The Labute approximate surface area is 208 Å². The molecule has 0 spiro atoms. The van der Waals surface area contributed by atoms with Gasteiger partial charge in [0.15, 0.2) is 5.96 Å². The normalized spacial score (nSPS) is 11.8. The molecule has 0 unspecified atom stereocenters. The number of hydrogen-bond acceptors (Lipinski definition) is 6. The first-order valence-electron chi connectivity index (χ1n) is 10.9. The van der Waals surface area contributed by atoms with Gasteiger partial charge in [-0.2, -0.15) is 4.99 Å². The van der Waals surface area contributed by atoms with E-state index in [1.54, 1.807) is 0 Å². The number of nitrogens with one attached hydrogen (secondary N) is 2. The van der Waals surface area contributed by atoms with Crippen molar-refractivity contribution in [1.29, 1.82) is 0 Å². The van der Waals surface area contributed by atoms with Crippen molar-refractivity contribution in [3.8, 4) is 0 Å². The van der Waals surface area contributed by atoms with E-state index in [4.69, 9.17) is 20.9 Å². The van der Waals surface area contributed by atoms with Crippen molar-refractivity contribution in [2.24, 2.45) is 16.5 Å². The molecular weight excluding hydrogens is 496 g/mol. The molecule has 6 N–H and O–H groups in total. The van der Waals surface area contributed by atoms with Crippen LogP contribution >= 0.6 is 0 Å². The first kappa shape index (κ1) is 28.8. The fourth-order valence-corrected chi connectivity index (χ4v) is 3.88. The monoisotopic (exact) mass is 525 g/mol. The molecule has 0 aliphatic rings. The molecule has 0 bridgehead atoms. The number of halogens is 2. The molecule has 0 saturated heterocycles. The van der Waals surface area contributed by atoms with Gasteiger partial charge in [0.05, 0.1) is 24.7 Å². The van der Waals surface area contributed by atoms with Crippen LogP contribution in [0.5, 0.6) is 0 Å². The predicted octanol–water partition coefficient (Wildman–Crippen LogP) is 2.24. The second kappa shape index (κ2) is 13.6. The molecule has 2 aromatic rings. The number of benzene rings is 2. The Kier molecular flexibility index (Phi) is 10.9. The molecule has 2 aromatic carbocycles. The summed E-state index contributed by atoms with van der Waals surface area (Å²) in [5, 5.41) is 2.59. The average Bonchev–Trinajstić information content (AvgIpc) is 2.80. The van der Waals surface area contributed by atoms with Gasteiger partial charge in [0.25, 0.3) is 5.91 Å². The number of hydrogen-bond donors (Lipinski definition) is 4. The van der Waals surface area contributed by atoms with Crippen LogP contribution in [-0.2, 0) is 24.3 Å². The molecule has 0 aliphatic heterocycles. The number of nitrogens with zero attached hydrogens (tertiary/aromatic N) is 1. The summed E-state index contributed by atoms with van der Waals surface area (Å²) < 4.78 is 66.8. The van der Waals surface area contributed by atoms with Crippen LogP contribution in [0.3, 0.4) is 0 Å². The number of rotatable bonds is 13. The predicted molar refractivity (Wildman–Crippen MR) is 133 cm³/mol. The largest absolute Gasteiger partial charge is 0.379 e. The molecule has 2 rings (SSSR count). The number of anilines is 2. The minimum absolute atomic E-state index is 0.0234. The molecule has 0 heterocycles. The third kappa shape index (κ3) is 9.00. The van der Waals surface area contributed by atoms with Crippen molar-refractivity contribution < 1.29 is 31.5 Å². The van der Waals surface area contributed by atoms with Gasteiger partial charge >= 0.3 is 0 Å². The number of sulfonamides is 1. The first-order chi connectivity index (χ1) is 17.0. The number of ether oxygens (including phenoxy) is 2. The van der Waals surface area contributed by atoms with Crippen molar-refractivity contribution in [2.75, 3.05) is 38.3 Å². The summed E-state index contributed by atoms with van der Waals surface area (Å²) in [6, 6.07) is 7.39. The lowest BCUT2D eigenvalue weighted by Crippen LogP contribution is -2.27. The summed E-state index contributed by atoms with van der Waals surface area (Å²) in [7, 11) is -3.79. The molecule has 13 heteroatoms. The third-order valence-electron chi connectivity index (χ3n) is 4.56. The van der Waals surface area contributed by atoms with Gasteiger partial charge in [-0.05, 0) is 61.9 Å². The van der Waals surface area contributed by atoms with Crippen LogP contribution in [0.25, 0.3) is 6.08 Å². The van der Waals surface area contributed by atoms with E-state index in [0.29, 0.717) is 19.8 Å². The number of amides is 1. The van der Waals surface area contributed by atoms with Crippen LogP contribution in [0.2, 0.25) is 0 Å². The summed E-state index contributed by atoms with van der Waals surface area (Å²) in [5.74, 6) is -3.02. The van der Waals surface area contributed by atoms with Crippen LogP contribution in [-0.4, -0.2) is 53.3 Å². The fraction of sp³-hybridized carbons (Fsp3) is 0.304. The quantitative estimate of drug-likeness (QED) is 0.134. The van der Waals surface area contributed by atoms with E-state index < -0.39 is 39.2 Å². The van der Waals surface area contributed by atoms with Crippen LogP contribution in [0.4, 0.5) is 20.2 Å². The Morgan fingerprint density at radius 3 is 2.25 bits per heavy atom. The van der Waals surface area contributed by atoms with Gasteiger partial charge in [0, 0.05) is 24.4 Å². The highest BCUT2D eigenvalue weighted by atomic mass is 32.2. The summed E-state index contributed by atoms with van der Waals surface area (Å²) >= 11 is 0. The van der Waals surface area contributed by atoms with Gasteiger partial charge in [0.2, 0.25) is 10.0 Å². The molecule has 0 radical (unpaired) electrons. The van der Waals surface area contributed by atoms with Gasteiger partial charge in [-0.15, -0.1) is 0 Å². The second-order valence-electron chi connectivity index (χ2n) is 7.39. The second-order valence-corrected chi connectivity index (χ2v) is 9.15. The summed E-state index contributed by atoms with van der Waals surface area (Å²) in [6.45, 7) is 4.87. The Bertz CT molecular complexity index is 1190. The van der Waals surface area contributed by atoms with Gasteiger partial charge < -0.3 is 26.3 Å². The number of guanidine groups is 1. The standard InChI is InChI=1S/C23H29F2N5O5S/c1-3-34-10-11-35-9-8-28-36(32,33)18-6-4-17(5-7-18)29-21-19(24)13-16(14-20(21)25)12-15(2)22(31)30-23(26)27/h4-7,12-14,28-29H,3,8-11H2,1-2H3,(H4,26,27,30,31)/b15-12+. The van der Waals surface area contributed by atoms with E-state index in [2.05, 4.69) is 15.0 Å². The minimum atomic E-state index is -3.79. The molecule has 10 nitrogen and oxygen atoms in total.